The summed E-state index contributed by atoms with van der Waals surface area (Å²) >= 11 is 0. The Morgan fingerprint density at radius 2 is 1.77 bits per heavy atom. The van der Waals surface area contributed by atoms with Crippen LogP contribution in [0.2, 0.25) is 0 Å². The first-order valence-electron chi connectivity index (χ1n) is 8.64. The van der Waals surface area contributed by atoms with Crippen LogP contribution in [0.3, 0.4) is 0 Å². The van der Waals surface area contributed by atoms with E-state index in [9.17, 15) is 0 Å². The molecular formula is C20H23N5O. The van der Waals surface area contributed by atoms with Crippen molar-refractivity contribution in [2.24, 2.45) is 0 Å². The topological polar surface area (TPSA) is 63.2 Å². The van der Waals surface area contributed by atoms with Crippen LogP contribution in [0.4, 0.5) is 11.8 Å². The summed E-state index contributed by atoms with van der Waals surface area (Å²) in [6.45, 7) is 4.36. The fraction of sp³-hybridized carbons (Fsp3) is 0.250. The maximum Gasteiger partial charge on any atom is 0.244 e. The molecule has 0 fully saturated rings. The van der Waals surface area contributed by atoms with Gasteiger partial charge in [-0.15, -0.1) is 5.10 Å². The minimum absolute atomic E-state index is 0.518. The molecule has 6 nitrogen and oxygen atoms in total. The van der Waals surface area contributed by atoms with Crippen molar-refractivity contribution in [3.63, 3.8) is 0 Å². The number of benzene rings is 2. The number of hydrogen-bond acceptors (Lipinski definition) is 6. The second kappa shape index (κ2) is 8.80. The highest BCUT2D eigenvalue weighted by Crippen LogP contribution is 2.16. The molecule has 3 aromatic rings. The average molecular weight is 349 g/mol. The first-order chi connectivity index (χ1) is 12.8. The zero-order valence-corrected chi connectivity index (χ0v) is 15.1. The molecule has 0 saturated heterocycles. The lowest BCUT2D eigenvalue weighted by molar-refractivity contribution is 0.414. The summed E-state index contributed by atoms with van der Waals surface area (Å²) < 4.78 is 5.17. The van der Waals surface area contributed by atoms with Gasteiger partial charge in [-0.05, 0) is 30.2 Å². The van der Waals surface area contributed by atoms with E-state index in [2.05, 4.69) is 44.5 Å². The van der Waals surface area contributed by atoms with Crippen molar-refractivity contribution < 1.29 is 4.74 Å². The Morgan fingerprint density at radius 1 is 1.00 bits per heavy atom. The van der Waals surface area contributed by atoms with E-state index in [-0.39, 0.29) is 0 Å². The minimum Gasteiger partial charge on any atom is -0.497 e. The SMILES string of the molecule is CCN(Cc1ccccc1)c1cnnc(NCc2ccc(OC)cc2)n1. The number of hydrogen-bond donors (Lipinski definition) is 1. The molecule has 0 aliphatic rings. The summed E-state index contributed by atoms with van der Waals surface area (Å²) in [5, 5.41) is 11.4. The van der Waals surface area contributed by atoms with Crippen molar-refractivity contribution in [3.05, 3.63) is 71.9 Å². The van der Waals surface area contributed by atoms with Gasteiger partial charge in [0.1, 0.15) is 5.75 Å². The summed E-state index contributed by atoms with van der Waals surface area (Å²) in [6, 6.07) is 18.2. The number of rotatable bonds is 8. The number of nitrogens with zero attached hydrogens (tertiary/aromatic N) is 4. The van der Waals surface area contributed by atoms with E-state index in [1.807, 2.05) is 42.5 Å². The maximum absolute atomic E-state index is 5.17. The molecule has 0 radical (unpaired) electrons. The van der Waals surface area contributed by atoms with Gasteiger partial charge in [0, 0.05) is 19.6 Å². The molecule has 1 N–H and O–H groups in total. The van der Waals surface area contributed by atoms with Crippen LogP contribution in [-0.2, 0) is 13.1 Å². The van der Waals surface area contributed by atoms with Crippen molar-refractivity contribution in [1.29, 1.82) is 0 Å². The van der Waals surface area contributed by atoms with Crippen LogP contribution in [0.1, 0.15) is 18.1 Å². The number of ether oxygens (including phenoxy) is 1. The quantitative estimate of drug-likeness (QED) is 0.671. The first kappa shape index (κ1) is 17.7. The van der Waals surface area contributed by atoms with Gasteiger partial charge in [0.15, 0.2) is 5.82 Å². The monoisotopic (exact) mass is 349 g/mol. The highest BCUT2D eigenvalue weighted by atomic mass is 16.5. The number of aromatic nitrogens is 3. The van der Waals surface area contributed by atoms with Crippen LogP contribution < -0.4 is 15.0 Å². The number of methoxy groups -OCH3 is 1. The van der Waals surface area contributed by atoms with E-state index in [1.165, 1.54) is 5.56 Å². The number of anilines is 2. The molecule has 0 aliphatic carbocycles. The molecule has 3 rings (SSSR count). The lowest BCUT2D eigenvalue weighted by Gasteiger charge is -2.21. The van der Waals surface area contributed by atoms with Gasteiger partial charge < -0.3 is 15.0 Å². The third-order valence-electron chi connectivity index (χ3n) is 4.08. The maximum atomic E-state index is 5.17. The third kappa shape index (κ3) is 4.69. The molecule has 0 unspecified atom stereocenters. The van der Waals surface area contributed by atoms with Gasteiger partial charge in [-0.2, -0.15) is 10.1 Å². The lowest BCUT2D eigenvalue weighted by atomic mass is 10.2. The van der Waals surface area contributed by atoms with Gasteiger partial charge >= 0.3 is 0 Å². The van der Waals surface area contributed by atoms with Gasteiger partial charge in [0.05, 0.1) is 13.3 Å². The van der Waals surface area contributed by atoms with Gasteiger partial charge in [-0.25, -0.2) is 0 Å². The van der Waals surface area contributed by atoms with E-state index in [0.717, 1.165) is 30.2 Å². The predicted octanol–water partition coefficient (Wildman–Crippen LogP) is 3.52. The van der Waals surface area contributed by atoms with Crippen molar-refractivity contribution in [2.45, 2.75) is 20.0 Å². The standard InChI is InChI=1S/C20H23N5O/c1-3-25(15-17-7-5-4-6-8-17)19-14-22-24-20(23-19)21-13-16-9-11-18(26-2)12-10-16/h4-12,14H,3,13,15H2,1-2H3,(H,21,23,24). The molecule has 0 bridgehead atoms. The summed E-state index contributed by atoms with van der Waals surface area (Å²) in [5.74, 6) is 2.17. The van der Waals surface area contributed by atoms with Gasteiger partial charge in [-0.3, -0.25) is 0 Å². The van der Waals surface area contributed by atoms with Crippen LogP contribution in [0.5, 0.6) is 5.75 Å². The van der Waals surface area contributed by atoms with Gasteiger partial charge in [0.25, 0.3) is 0 Å². The van der Waals surface area contributed by atoms with Crippen LogP contribution in [0.25, 0.3) is 0 Å². The molecule has 0 aliphatic heterocycles. The van der Waals surface area contributed by atoms with E-state index in [0.29, 0.717) is 12.5 Å². The van der Waals surface area contributed by atoms with Gasteiger partial charge in [0.2, 0.25) is 5.95 Å². The van der Waals surface area contributed by atoms with E-state index < -0.39 is 0 Å². The molecule has 134 valence electrons. The van der Waals surface area contributed by atoms with Crippen LogP contribution in [-0.4, -0.2) is 28.8 Å². The molecule has 0 amide bonds. The normalized spacial score (nSPS) is 10.4. The second-order valence-corrected chi connectivity index (χ2v) is 5.84. The molecule has 0 spiro atoms. The smallest absolute Gasteiger partial charge is 0.244 e. The first-order valence-corrected chi connectivity index (χ1v) is 8.64. The molecule has 1 aromatic heterocycles. The Labute approximate surface area is 153 Å². The highest BCUT2D eigenvalue weighted by Gasteiger charge is 2.09. The Hall–Kier alpha value is -3.15. The Bertz CT molecular complexity index is 808. The molecule has 0 atom stereocenters. The molecule has 6 heteroatoms. The van der Waals surface area contributed by atoms with Crippen molar-refractivity contribution in [2.75, 3.05) is 23.9 Å². The van der Waals surface area contributed by atoms with Crippen LogP contribution >= 0.6 is 0 Å². The fourth-order valence-corrected chi connectivity index (χ4v) is 2.61. The van der Waals surface area contributed by atoms with E-state index in [4.69, 9.17) is 4.74 Å². The molecule has 26 heavy (non-hydrogen) atoms. The second-order valence-electron chi connectivity index (χ2n) is 5.84. The molecule has 0 saturated carbocycles. The number of nitrogens with one attached hydrogen (secondary N) is 1. The molecule has 1 heterocycles. The van der Waals surface area contributed by atoms with Gasteiger partial charge in [-0.1, -0.05) is 42.5 Å². The zero-order valence-electron chi connectivity index (χ0n) is 15.1. The van der Waals surface area contributed by atoms with Crippen molar-refractivity contribution in [1.82, 2.24) is 15.2 Å². The minimum atomic E-state index is 0.518. The van der Waals surface area contributed by atoms with Crippen LogP contribution in [0.15, 0.2) is 60.8 Å². The van der Waals surface area contributed by atoms with E-state index >= 15 is 0 Å². The molecular weight excluding hydrogens is 326 g/mol. The third-order valence-corrected chi connectivity index (χ3v) is 4.08. The summed E-state index contributed by atoms with van der Waals surface area (Å²) in [6.07, 6.45) is 1.70. The zero-order chi connectivity index (χ0) is 18.2. The summed E-state index contributed by atoms with van der Waals surface area (Å²) in [5.41, 5.74) is 2.36. The predicted molar refractivity (Wildman–Crippen MR) is 103 cm³/mol. The largest absolute Gasteiger partial charge is 0.497 e. The Morgan fingerprint density at radius 3 is 2.46 bits per heavy atom. The average Bonchev–Trinajstić information content (AvgIpc) is 2.72. The van der Waals surface area contributed by atoms with Crippen LogP contribution in [0, 0.1) is 0 Å². The highest BCUT2D eigenvalue weighted by molar-refractivity contribution is 5.41. The fourth-order valence-electron chi connectivity index (χ4n) is 2.61. The Kier molecular flexibility index (Phi) is 5.98. The Balaban J connectivity index is 1.66. The van der Waals surface area contributed by atoms with E-state index in [1.54, 1.807) is 13.3 Å². The van der Waals surface area contributed by atoms with Crippen molar-refractivity contribution >= 4 is 11.8 Å². The lowest BCUT2D eigenvalue weighted by Crippen LogP contribution is -2.24. The van der Waals surface area contributed by atoms with Crippen molar-refractivity contribution in [3.8, 4) is 5.75 Å². The summed E-state index contributed by atoms with van der Waals surface area (Å²) in [4.78, 5) is 6.77. The molecule has 2 aromatic carbocycles. The summed E-state index contributed by atoms with van der Waals surface area (Å²) in [7, 11) is 1.66.